The fraction of sp³-hybridized carbons (Fsp3) is 0.444. The lowest BCUT2D eigenvalue weighted by Crippen LogP contribution is -2.24. The van der Waals surface area contributed by atoms with Gasteiger partial charge in [0, 0.05) is 12.1 Å². The van der Waals surface area contributed by atoms with Gasteiger partial charge in [-0.25, -0.2) is 9.97 Å². The molecular weight excluding hydrogens is 246 g/mol. The Balaban J connectivity index is 2.73. The molecular formula is C9H14ClN5O2. The Morgan fingerprint density at radius 1 is 1.65 bits per heavy atom. The first-order valence-electron chi connectivity index (χ1n) is 4.91. The molecule has 0 aliphatic heterocycles. The first-order chi connectivity index (χ1) is 8.02. The van der Waals surface area contributed by atoms with Crippen LogP contribution in [-0.2, 0) is 4.74 Å². The Hall–Kier alpha value is -1.44. The van der Waals surface area contributed by atoms with Gasteiger partial charge in [0.1, 0.15) is 11.5 Å². The number of primary amides is 1. The highest BCUT2D eigenvalue weighted by Gasteiger charge is 2.09. The minimum absolute atomic E-state index is 0.0368. The van der Waals surface area contributed by atoms with Gasteiger partial charge < -0.3 is 21.5 Å². The number of halogens is 1. The van der Waals surface area contributed by atoms with Gasteiger partial charge in [-0.3, -0.25) is 4.79 Å². The zero-order valence-electron chi connectivity index (χ0n) is 9.31. The molecule has 1 amide bonds. The van der Waals surface area contributed by atoms with Crippen LogP contribution in [0.4, 0.5) is 5.82 Å². The van der Waals surface area contributed by atoms with Crippen LogP contribution in [-0.4, -0.2) is 35.3 Å². The Bertz CT molecular complexity index is 401. The van der Waals surface area contributed by atoms with Crippen molar-refractivity contribution in [2.45, 2.75) is 13.0 Å². The van der Waals surface area contributed by atoms with Gasteiger partial charge in [0.25, 0.3) is 5.91 Å². The molecule has 5 N–H and O–H groups in total. The number of carbonyl (C=O) groups excluding carboxylic acids is 1. The fourth-order valence-corrected chi connectivity index (χ4v) is 1.34. The molecule has 1 aromatic rings. The second-order valence-electron chi connectivity index (χ2n) is 3.35. The standard InChI is InChI=1S/C9H14ClN5O2/c1-5(3-17-4-11)13-7-2-6(8(12)16)14-9(10)15-7/h2,5H,3-4,11H2,1H3,(H2,12,16)(H,13,14,15). The molecule has 7 nitrogen and oxygen atoms in total. The van der Waals surface area contributed by atoms with Crippen LogP contribution in [0.5, 0.6) is 0 Å². The number of hydrogen-bond donors (Lipinski definition) is 3. The number of nitrogens with two attached hydrogens (primary N) is 2. The lowest BCUT2D eigenvalue weighted by Gasteiger charge is -2.14. The number of aromatic nitrogens is 2. The second-order valence-corrected chi connectivity index (χ2v) is 3.69. The van der Waals surface area contributed by atoms with Crippen LogP contribution in [0.15, 0.2) is 6.07 Å². The summed E-state index contributed by atoms with van der Waals surface area (Å²) in [6.07, 6.45) is 0. The topological polar surface area (TPSA) is 116 Å². The number of amides is 1. The van der Waals surface area contributed by atoms with Gasteiger partial charge in [-0.05, 0) is 18.5 Å². The van der Waals surface area contributed by atoms with Crippen molar-refractivity contribution in [2.75, 3.05) is 18.7 Å². The molecule has 1 heterocycles. The zero-order chi connectivity index (χ0) is 12.8. The minimum Gasteiger partial charge on any atom is -0.365 e. The molecule has 0 saturated heterocycles. The van der Waals surface area contributed by atoms with Crippen molar-refractivity contribution < 1.29 is 9.53 Å². The second kappa shape index (κ2) is 6.33. The maximum absolute atomic E-state index is 11.0. The van der Waals surface area contributed by atoms with E-state index in [2.05, 4.69) is 15.3 Å². The van der Waals surface area contributed by atoms with Crippen molar-refractivity contribution in [1.82, 2.24) is 9.97 Å². The summed E-state index contributed by atoms with van der Waals surface area (Å²) in [6, 6.07) is 1.39. The van der Waals surface area contributed by atoms with Crippen LogP contribution in [0.25, 0.3) is 0 Å². The van der Waals surface area contributed by atoms with E-state index in [9.17, 15) is 4.79 Å². The summed E-state index contributed by atoms with van der Waals surface area (Å²) in [7, 11) is 0. The normalized spacial score (nSPS) is 12.2. The van der Waals surface area contributed by atoms with Gasteiger partial charge in [-0.2, -0.15) is 0 Å². The predicted octanol–water partition coefficient (Wildman–Crippen LogP) is -0.0379. The van der Waals surface area contributed by atoms with Crippen LogP contribution >= 0.6 is 11.6 Å². The molecule has 0 spiro atoms. The van der Waals surface area contributed by atoms with Crippen molar-refractivity contribution in [3.63, 3.8) is 0 Å². The van der Waals surface area contributed by atoms with Gasteiger partial charge in [-0.15, -0.1) is 0 Å². The average Bonchev–Trinajstić information content (AvgIpc) is 2.25. The maximum Gasteiger partial charge on any atom is 0.267 e. The number of hydrogen-bond acceptors (Lipinski definition) is 6. The van der Waals surface area contributed by atoms with E-state index in [0.717, 1.165) is 0 Å². The summed E-state index contributed by atoms with van der Waals surface area (Å²) in [6.45, 7) is 2.42. The highest BCUT2D eigenvalue weighted by Crippen LogP contribution is 2.11. The molecule has 0 fully saturated rings. The Morgan fingerprint density at radius 3 is 2.94 bits per heavy atom. The van der Waals surface area contributed by atoms with Crippen LogP contribution in [0.3, 0.4) is 0 Å². The van der Waals surface area contributed by atoms with Gasteiger partial charge >= 0.3 is 0 Å². The van der Waals surface area contributed by atoms with Gasteiger partial charge in [0.15, 0.2) is 0 Å². The van der Waals surface area contributed by atoms with E-state index in [1.807, 2.05) is 6.92 Å². The van der Waals surface area contributed by atoms with E-state index in [0.29, 0.717) is 12.4 Å². The molecule has 1 atom stereocenters. The van der Waals surface area contributed by atoms with Crippen LogP contribution < -0.4 is 16.8 Å². The number of anilines is 1. The molecule has 0 bridgehead atoms. The van der Waals surface area contributed by atoms with E-state index in [4.69, 9.17) is 27.8 Å². The van der Waals surface area contributed by atoms with Crippen LogP contribution in [0, 0.1) is 0 Å². The van der Waals surface area contributed by atoms with Crippen molar-refractivity contribution in [3.05, 3.63) is 17.0 Å². The Morgan fingerprint density at radius 2 is 2.35 bits per heavy atom. The van der Waals surface area contributed by atoms with E-state index >= 15 is 0 Å². The average molecular weight is 260 g/mol. The number of ether oxygens (including phenoxy) is 1. The summed E-state index contributed by atoms with van der Waals surface area (Å²) in [5.74, 6) is -0.255. The summed E-state index contributed by atoms with van der Waals surface area (Å²) in [5.41, 5.74) is 10.4. The molecule has 0 aromatic carbocycles. The predicted molar refractivity (Wildman–Crippen MR) is 63.7 cm³/mol. The monoisotopic (exact) mass is 259 g/mol. The SMILES string of the molecule is CC(COCN)Nc1cc(C(N)=O)nc(Cl)n1. The lowest BCUT2D eigenvalue weighted by molar-refractivity contribution is 0.0995. The Kier molecular flexibility index (Phi) is 5.08. The van der Waals surface area contributed by atoms with Crippen molar-refractivity contribution >= 4 is 23.3 Å². The highest BCUT2D eigenvalue weighted by molar-refractivity contribution is 6.28. The fourth-order valence-electron chi connectivity index (χ4n) is 1.16. The number of nitrogens with one attached hydrogen (secondary N) is 1. The zero-order valence-corrected chi connectivity index (χ0v) is 10.1. The number of rotatable bonds is 6. The lowest BCUT2D eigenvalue weighted by atomic mass is 10.3. The quantitative estimate of drug-likeness (QED) is 0.488. The summed E-state index contributed by atoms with van der Waals surface area (Å²) in [5, 5.41) is 2.94. The largest absolute Gasteiger partial charge is 0.365 e. The number of carbonyl (C=O) groups is 1. The van der Waals surface area contributed by atoms with E-state index in [1.165, 1.54) is 6.07 Å². The first-order valence-corrected chi connectivity index (χ1v) is 5.29. The summed E-state index contributed by atoms with van der Waals surface area (Å²) < 4.78 is 5.02. The third-order valence-electron chi connectivity index (χ3n) is 1.83. The highest BCUT2D eigenvalue weighted by atomic mass is 35.5. The van der Waals surface area contributed by atoms with Crippen molar-refractivity contribution in [1.29, 1.82) is 0 Å². The van der Waals surface area contributed by atoms with Gasteiger partial charge in [0.2, 0.25) is 5.28 Å². The molecule has 1 unspecified atom stereocenters. The van der Waals surface area contributed by atoms with Crippen molar-refractivity contribution in [3.8, 4) is 0 Å². The van der Waals surface area contributed by atoms with E-state index < -0.39 is 5.91 Å². The van der Waals surface area contributed by atoms with Gasteiger partial charge in [0.05, 0.1) is 13.3 Å². The summed E-state index contributed by atoms with van der Waals surface area (Å²) in [4.78, 5) is 18.6. The van der Waals surface area contributed by atoms with Crippen LogP contribution in [0.2, 0.25) is 5.28 Å². The summed E-state index contributed by atoms with van der Waals surface area (Å²) >= 11 is 5.66. The van der Waals surface area contributed by atoms with E-state index in [-0.39, 0.29) is 23.8 Å². The third-order valence-corrected chi connectivity index (χ3v) is 2.00. The maximum atomic E-state index is 11.0. The molecule has 0 aliphatic carbocycles. The first kappa shape index (κ1) is 13.6. The molecule has 0 aliphatic rings. The molecule has 0 radical (unpaired) electrons. The third kappa shape index (κ3) is 4.51. The Labute approximate surface area is 104 Å². The molecule has 1 aromatic heterocycles. The molecule has 1 rings (SSSR count). The molecule has 8 heteroatoms. The smallest absolute Gasteiger partial charge is 0.267 e. The number of nitrogens with zero attached hydrogens (tertiary/aromatic N) is 2. The molecule has 0 saturated carbocycles. The van der Waals surface area contributed by atoms with Crippen molar-refractivity contribution in [2.24, 2.45) is 11.5 Å². The van der Waals surface area contributed by atoms with Crippen LogP contribution in [0.1, 0.15) is 17.4 Å². The van der Waals surface area contributed by atoms with Gasteiger partial charge in [-0.1, -0.05) is 0 Å². The van der Waals surface area contributed by atoms with E-state index in [1.54, 1.807) is 0 Å². The minimum atomic E-state index is -0.664. The molecule has 17 heavy (non-hydrogen) atoms. The molecule has 94 valence electrons.